The number of nitro benzene ring substituents is 1. The summed E-state index contributed by atoms with van der Waals surface area (Å²) in [6.07, 6.45) is 0. The van der Waals surface area contributed by atoms with Crippen LogP contribution in [-0.2, 0) is 10.1 Å². The molecule has 0 radical (unpaired) electrons. The van der Waals surface area contributed by atoms with Gasteiger partial charge in [-0.1, -0.05) is 6.07 Å². The van der Waals surface area contributed by atoms with E-state index in [-0.39, 0.29) is 0 Å². The largest absolute Gasteiger partial charge is 0.744 e. The van der Waals surface area contributed by atoms with Gasteiger partial charge in [-0.3, -0.25) is 10.1 Å². The molecule has 7 nitrogen and oxygen atoms in total. The van der Waals surface area contributed by atoms with Crippen LogP contribution in [0, 0.1) is 10.1 Å². The van der Waals surface area contributed by atoms with E-state index in [0.717, 1.165) is 24.3 Å². The van der Waals surface area contributed by atoms with Gasteiger partial charge in [-0.25, -0.2) is 8.42 Å². The van der Waals surface area contributed by atoms with Crippen LogP contribution in [0.4, 0.5) is 5.69 Å². The highest BCUT2D eigenvalue weighted by atomic mass is 32.2. The number of nitro groups is 1. The third-order valence-corrected chi connectivity index (χ3v) is 2.15. The minimum Gasteiger partial charge on any atom is -0.744 e. The van der Waals surface area contributed by atoms with Crippen LogP contribution < -0.4 is 4.90 Å². The molecule has 0 aliphatic carbocycles. The molecular weight excluding hydrogens is 248 g/mol. The van der Waals surface area contributed by atoms with Gasteiger partial charge < -0.3 is 9.45 Å². The van der Waals surface area contributed by atoms with Crippen molar-refractivity contribution < 1.29 is 22.8 Å². The normalized spacial score (nSPS) is 10.6. The van der Waals surface area contributed by atoms with Crippen LogP contribution in [0.3, 0.4) is 0 Å². The van der Waals surface area contributed by atoms with Gasteiger partial charge in [0.1, 0.15) is 10.1 Å². The molecule has 0 bridgehead atoms. The fourth-order valence-corrected chi connectivity index (χ4v) is 1.26. The Morgan fingerprint density at radius 1 is 1.24 bits per heavy atom. The summed E-state index contributed by atoms with van der Waals surface area (Å²) < 4.78 is 31.3. The molecule has 0 aliphatic rings. The van der Waals surface area contributed by atoms with Gasteiger partial charge in [0.05, 0.1) is 31.0 Å². The SMILES string of the molecule is C[NH+](C)C.O=[N+]([O-])c1cccc(S(=O)(=O)[O-])c1. The van der Waals surface area contributed by atoms with Crippen molar-refractivity contribution in [2.24, 2.45) is 0 Å². The molecule has 0 spiro atoms. The van der Waals surface area contributed by atoms with Crippen LogP contribution in [0.15, 0.2) is 29.2 Å². The van der Waals surface area contributed by atoms with Crippen LogP contribution in [0.2, 0.25) is 0 Å². The number of nitrogens with one attached hydrogen (secondary N) is 1. The molecule has 17 heavy (non-hydrogen) atoms. The predicted molar refractivity (Wildman–Crippen MR) is 59.8 cm³/mol. The molecule has 0 amide bonds. The lowest BCUT2D eigenvalue weighted by Gasteiger charge is -2.05. The zero-order valence-corrected chi connectivity index (χ0v) is 10.5. The Hall–Kier alpha value is -1.51. The fourth-order valence-electron chi connectivity index (χ4n) is 0.753. The molecule has 0 heterocycles. The molecule has 96 valence electrons. The van der Waals surface area contributed by atoms with E-state index < -0.39 is 25.6 Å². The maximum absolute atomic E-state index is 10.4. The number of benzene rings is 1. The second-order valence-electron chi connectivity index (χ2n) is 3.71. The van der Waals surface area contributed by atoms with Gasteiger partial charge in [-0.15, -0.1) is 0 Å². The van der Waals surface area contributed by atoms with Gasteiger partial charge in [0.15, 0.2) is 0 Å². The number of quaternary nitrogens is 1. The number of nitrogens with zero attached hydrogens (tertiary/aromatic N) is 1. The maximum atomic E-state index is 10.4. The smallest absolute Gasteiger partial charge is 0.270 e. The molecule has 1 aromatic carbocycles. The Bertz CT molecular complexity index is 481. The number of hydrogen-bond acceptors (Lipinski definition) is 5. The van der Waals surface area contributed by atoms with E-state index >= 15 is 0 Å². The van der Waals surface area contributed by atoms with Crippen LogP contribution >= 0.6 is 0 Å². The van der Waals surface area contributed by atoms with Crippen molar-refractivity contribution in [3.05, 3.63) is 34.4 Å². The Kier molecular flexibility index (Phi) is 5.72. The first-order valence-electron chi connectivity index (χ1n) is 4.61. The van der Waals surface area contributed by atoms with Gasteiger partial charge in [0.25, 0.3) is 5.69 Å². The second kappa shape index (κ2) is 6.28. The minimum atomic E-state index is -4.61. The zero-order chi connectivity index (χ0) is 13.6. The average Bonchev–Trinajstić information content (AvgIpc) is 2.15. The molecule has 0 fully saturated rings. The van der Waals surface area contributed by atoms with Crippen molar-refractivity contribution in [2.75, 3.05) is 21.1 Å². The third-order valence-electron chi connectivity index (χ3n) is 1.32. The quantitative estimate of drug-likeness (QED) is 0.429. The summed E-state index contributed by atoms with van der Waals surface area (Å²) in [5, 5.41) is 10.2. The van der Waals surface area contributed by atoms with Crippen molar-refractivity contribution in [3.8, 4) is 0 Å². The first-order chi connectivity index (χ1) is 7.64. The fraction of sp³-hybridized carbons (Fsp3) is 0.333. The molecule has 1 rings (SSSR count). The molecule has 0 atom stereocenters. The molecule has 1 aromatic rings. The molecule has 8 heteroatoms. The Morgan fingerprint density at radius 2 is 1.71 bits per heavy atom. The third kappa shape index (κ3) is 6.61. The summed E-state index contributed by atoms with van der Waals surface area (Å²) in [6.45, 7) is 0. The molecule has 0 aliphatic heterocycles. The predicted octanol–water partition coefficient (Wildman–Crippen LogP) is -0.740. The average molecular weight is 262 g/mol. The second-order valence-corrected chi connectivity index (χ2v) is 5.09. The Balaban J connectivity index is 0.000000557. The standard InChI is InChI=1S/C6H5NO5S.C3H9N/c8-7(9)5-2-1-3-6(4-5)13(10,11)12;1-4(2)3/h1-4H,(H,10,11,12);1-3H3. The summed E-state index contributed by atoms with van der Waals surface area (Å²) in [5.41, 5.74) is -0.420. The van der Waals surface area contributed by atoms with Crippen LogP contribution in [0.1, 0.15) is 0 Å². The summed E-state index contributed by atoms with van der Waals surface area (Å²) in [5.74, 6) is 0. The Morgan fingerprint density at radius 3 is 2.06 bits per heavy atom. The van der Waals surface area contributed by atoms with E-state index in [1.54, 1.807) is 0 Å². The lowest BCUT2D eigenvalue weighted by Crippen LogP contribution is -3.02. The van der Waals surface area contributed by atoms with Crippen molar-refractivity contribution in [1.82, 2.24) is 0 Å². The first-order valence-corrected chi connectivity index (χ1v) is 6.02. The number of rotatable bonds is 2. The van der Waals surface area contributed by atoms with Crippen LogP contribution in [-0.4, -0.2) is 39.0 Å². The maximum Gasteiger partial charge on any atom is 0.270 e. The number of non-ortho nitro benzene ring substituents is 1. The van der Waals surface area contributed by atoms with E-state index in [0.29, 0.717) is 0 Å². The summed E-state index contributed by atoms with van der Waals surface area (Å²) >= 11 is 0. The van der Waals surface area contributed by atoms with E-state index in [4.69, 9.17) is 0 Å². The number of hydrogen-bond donors (Lipinski definition) is 1. The summed E-state index contributed by atoms with van der Waals surface area (Å²) in [4.78, 5) is 10.2. The van der Waals surface area contributed by atoms with Gasteiger partial charge in [-0.2, -0.15) is 0 Å². The van der Waals surface area contributed by atoms with Crippen LogP contribution in [0.25, 0.3) is 0 Å². The molecule has 0 unspecified atom stereocenters. The van der Waals surface area contributed by atoms with E-state index in [9.17, 15) is 23.1 Å². The van der Waals surface area contributed by atoms with Crippen molar-refractivity contribution in [2.45, 2.75) is 4.90 Å². The topological polar surface area (TPSA) is 105 Å². The molecule has 0 saturated heterocycles. The Labute approximate surface area is 99.6 Å². The highest BCUT2D eigenvalue weighted by Crippen LogP contribution is 2.16. The van der Waals surface area contributed by atoms with Gasteiger partial charge in [0.2, 0.25) is 0 Å². The van der Waals surface area contributed by atoms with Crippen molar-refractivity contribution >= 4 is 15.8 Å². The lowest BCUT2D eigenvalue weighted by atomic mass is 10.3. The molecule has 0 saturated carbocycles. The lowest BCUT2D eigenvalue weighted by molar-refractivity contribution is -0.836. The molecule has 1 N–H and O–H groups in total. The highest BCUT2D eigenvalue weighted by Gasteiger charge is 2.08. The van der Waals surface area contributed by atoms with Crippen molar-refractivity contribution in [1.29, 1.82) is 0 Å². The van der Waals surface area contributed by atoms with Gasteiger partial charge in [-0.05, 0) is 6.07 Å². The van der Waals surface area contributed by atoms with E-state index in [1.165, 1.54) is 4.90 Å². The monoisotopic (exact) mass is 262 g/mol. The first kappa shape index (κ1) is 15.5. The van der Waals surface area contributed by atoms with Crippen LogP contribution in [0.5, 0.6) is 0 Å². The zero-order valence-electron chi connectivity index (χ0n) is 9.71. The van der Waals surface area contributed by atoms with E-state index in [1.807, 2.05) is 0 Å². The van der Waals surface area contributed by atoms with E-state index in [2.05, 4.69) is 21.1 Å². The molecular formula is C9H14N2O5S. The molecule has 0 aromatic heterocycles. The minimum absolute atomic E-state index is 0.420. The highest BCUT2D eigenvalue weighted by molar-refractivity contribution is 7.85. The van der Waals surface area contributed by atoms with Crippen molar-refractivity contribution in [3.63, 3.8) is 0 Å². The van der Waals surface area contributed by atoms with Gasteiger partial charge in [0, 0.05) is 12.1 Å². The van der Waals surface area contributed by atoms with Gasteiger partial charge >= 0.3 is 0 Å². The summed E-state index contributed by atoms with van der Waals surface area (Å²) in [6, 6.07) is 3.98. The summed E-state index contributed by atoms with van der Waals surface area (Å²) in [7, 11) is 1.64.